The van der Waals surface area contributed by atoms with Crippen molar-refractivity contribution in [3.8, 4) is 28.8 Å². The van der Waals surface area contributed by atoms with Crippen LogP contribution in [0.2, 0.25) is 5.02 Å². The smallest absolute Gasteiger partial charge is 0.253 e. The molecule has 3 aliphatic rings. The molecule has 38 heavy (non-hydrogen) atoms. The second-order valence-electron chi connectivity index (χ2n) is 9.62. The van der Waals surface area contributed by atoms with Gasteiger partial charge in [0.05, 0.1) is 46.4 Å². The molecule has 192 valence electrons. The molecule has 8 nitrogen and oxygen atoms in total. The number of likely N-dealkylation sites (tertiary alicyclic amines) is 1. The molecular formula is C29H26ClN5O3. The maximum Gasteiger partial charge on any atom is 0.253 e. The monoisotopic (exact) mass is 527 g/mol. The van der Waals surface area contributed by atoms with Crippen LogP contribution in [0.3, 0.4) is 0 Å². The summed E-state index contributed by atoms with van der Waals surface area (Å²) in [4.78, 5) is 31.4. The lowest BCUT2D eigenvalue weighted by molar-refractivity contribution is -0.126. The highest BCUT2D eigenvalue weighted by molar-refractivity contribution is 6.32. The molecule has 1 aromatic carbocycles. The van der Waals surface area contributed by atoms with Crippen molar-refractivity contribution >= 4 is 29.1 Å². The summed E-state index contributed by atoms with van der Waals surface area (Å²) < 4.78 is 7.45. The molecule has 3 atom stereocenters. The molecule has 3 unspecified atom stereocenters. The third-order valence-corrected chi connectivity index (χ3v) is 7.70. The minimum Gasteiger partial charge on any atom is -0.493 e. The second-order valence-corrected chi connectivity index (χ2v) is 10.0. The van der Waals surface area contributed by atoms with Crippen molar-refractivity contribution < 1.29 is 14.3 Å². The minimum absolute atomic E-state index is 0.0760. The van der Waals surface area contributed by atoms with Crippen LogP contribution in [0.15, 0.2) is 55.4 Å². The van der Waals surface area contributed by atoms with Gasteiger partial charge in [0.15, 0.2) is 5.75 Å². The Bertz CT molecular complexity index is 1530. The topological polar surface area (TPSA) is 88.5 Å². The molecule has 0 radical (unpaired) electrons. The molecule has 0 bridgehead atoms. The average Bonchev–Trinajstić information content (AvgIpc) is 3.44. The number of rotatable bonds is 5. The zero-order valence-electron chi connectivity index (χ0n) is 20.8. The van der Waals surface area contributed by atoms with E-state index in [4.69, 9.17) is 16.3 Å². The number of amides is 2. The predicted molar refractivity (Wildman–Crippen MR) is 145 cm³/mol. The molecule has 2 fully saturated rings. The molecule has 9 heteroatoms. The number of benzene rings is 1. The van der Waals surface area contributed by atoms with Gasteiger partial charge in [-0.05, 0) is 49.1 Å². The number of aromatic nitrogens is 2. The zero-order chi connectivity index (χ0) is 26.4. The van der Waals surface area contributed by atoms with Crippen LogP contribution in [0.1, 0.15) is 34.5 Å². The van der Waals surface area contributed by atoms with Crippen molar-refractivity contribution in [2.75, 3.05) is 19.1 Å². The van der Waals surface area contributed by atoms with E-state index in [2.05, 4.69) is 34.1 Å². The second kappa shape index (κ2) is 9.58. The van der Waals surface area contributed by atoms with Gasteiger partial charge in [0.25, 0.3) is 5.91 Å². The van der Waals surface area contributed by atoms with Crippen molar-refractivity contribution in [2.24, 2.45) is 5.92 Å². The zero-order valence-corrected chi connectivity index (χ0v) is 21.6. The lowest BCUT2D eigenvalue weighted by Crippen LogP contribution is -2.36. The molecule has 2 amide bonds. The summed E-state index contributed by atoms with van der Waals surface area (Å²) >= 11 is 6.38. The van der Waals surface area contributed by atoms with E-state index < -0.39 is 0 Å². The van der Waals surface area contributed by atoms with Gasteiger partial charge in [-0.25, -0.2) is 0 Å². The standard InChI is InChI=1S/C29H26ClN5O3/c1-3-27(36)34-19(13-18-14-25(18)34)8-7-17-16-31-11-9-20(17)26-15-21-24(10-12-32-29(21)37)35(26)33-23-6-4-5-22(30)28(23)38-2/h3-6,9,11,15-16,18-19,25,33H,1,10,12-14H2,2H3,(H,32,37). The number of nitrogens with zero attached hydrogens (tertiary/aromatic N) is 3. The fourth-order valence-corrected chi connectivity index (χ4v) is 5.77. The van der Waals surface area contributed by atoms with E-state index >= 15 is 0 Å². The van der Waals surface area contributed by atoms with Gasteiger partial charge in [-0.3, -0.25) is 24.7 Å². The minimum atomic E-state index is -0.156. The van der Waals surface area contributed by atoms with Gasteiger partial charge in [0.1, 0.15) is 0 Å². The highest BCUT2D eigenvalue weighted by Crippen LogP contribution is 2.47. The van der Waals surface area contributed by atoms with Crippen LogP contribution in [0, 0.1) is 17.8 Å². The first-order valence-electron chi connectivity index (χ1n) is 12.5. The number of hydrogen-bond acceptors (Lipinski definition) is 5. The Hall–Kier alpha value is -4.22. The third-order valence-electron chi connectivity index (χ3n) is 7.40. The van der Waals surface area contributed by atoms with Gasteiger partial charge < -0.3 is 15.0 Å². The number of piperidine rings is 1. The molecule has 4 heterocycles. The Balaban J connectivity index is 1.43. The number of pyridine rings is 1. The van der Waals surface area contributed by atoms with Gasteiger partial charge in [-0.2, -0.15) is 0 Å². The van der Waals surface area contributed by atoms with E-state index in [1.54, 1.807) is 25.6 Å². The normalized spacial score (nSPS) is 20.9. The van der Waals surface area contributed by atoms with Crippen molar-refractivity contribution in [3.63, 3.8) is 0 Å². The van der Waals surface area contributed by atoms with Crippen LogP contribution >= 0.6 is 11.6 Å². The number of methoxy groups -OCH3 is 1. The van der Waals surface area contributed by atoms with Gasteiger partial charge in [-0.15, -0.1) is 0 Å². The first kappa shape index (κ1) is 24.1. The number of carbonyl (C=O) groups excluding carboxylic acids is 2. The Morgan fingerprint density at radius 3 is 3.00 bits per heavy atom. The van der Waals surface area contributed by atoms with Crippen LogP contribution in [-0.2, 0) is 11.2 Å². The number of anilines is 1. The van der Waals surface area contributed by atoms with E-state index in [1.165, 1.54) is 6.08 Å². The summed E-state index contributed by atoms with van der Waals surface area (Å²) in [5.74, 6) is 7.43. The van der Waals surface area contributed by atoms with Crippen molar-refractivity contribution in [1.29, 1.82) is 0 Å². The van der Waals surface area contributed by atoms with Crippen LogP contribution in [0.5, 0.6) is 5.75 Å². The Morgan fingerprint density at radius 2 is 2.18 bits per heavy atom. The summed E-state index contributed by atoms with van der Waals surface area (Å²) in [6.45, 7) is 4.19. The van der Waals surface area contributed by atoms with Crippen LogP contribution < -0.4 is 15.5 Å². The maximum absolute atomic E-state index is 12.8. The number of fused-ring (bicyclic) bond motifs is 2. The molecule has 0 spiro atoms. The quantitative estimate of drug-likeness (QED) is 0.388. The van der Waals surface area contributed by atoms with Crippen molar-refractivity contribution in [3.05, 3.63) is 77.2 Å². The Labute approximate surface area is 225 Å². The highest BCUT2D eigenvalue weighted by Gasteiger charge is 2.53. The lowest BCUT2D eigenvalue weighted by Gasteiger charge is -2.22. The van der Waals surface area contributed by atoms with Crippen LogP contribution in [0.25, 0.3) is 11.3 Å². The van der Waals surface area contributed by atoms with Crippen LogP contribution in [-0.4, -0.2) is 52.1 Å². The summed E-state index contributed by atoms with van der Waals surface area (Å²) in [7, 11) is 1.57. The first-order valence-corrected chi connectivity index (χ1v) is 12.9. The maximum atomic E-state index is 12.8. The first-order chi connectivity index (χ1) is 18.5. The number of ether oxygens (including phenoxy) is 1. The van der Waals surface area contributed by atoms with Gasteiger partial charge in [0, 0.05) is 37.0 Å². The summed E-state index contributed by atoms with van der Waals surface area (Å²) in [5.41, 5.74) is 7.80. The van der Waals surface area contributed by atoms with Crippen LogP contribution in [0.4, 0.5) is 5.69 Å². The molecule has 1 aliphatic carbocycles. The SMILES string of the molecule is C=CC(=O)N1C(C#Cc2cnccc2-c2cc3c(n2Nc2cccc(Cl)c2OC)CCNC3=O)CC2CC21. The summed E-state index contributed by atoms with van der Waals surface area (Å²) in [5, 5.41) is 3.39. The summed E-state index contributed by atoms with van der Waals surface area (Å²) in [6, 6.07) is 9.33. The van der Waals surface area contributed by atoms with E-state index in [0.717, 1.165) is 29.8 Å². The number of hydrogen-bond donors (Lipinski definition) is 2. The predicted octanol–water partition coefficient (Wildman–Crippen LogP) is 3.90. The van der Waals surface area contributed by atoms with Gasteiger partial charge >= 0.3 is 0 Å². The largest absolute Gasteiger partial charge is 0.493 e. The lowest BCUT2D eigenvalue weighted by atomic mass is 10.1. The molecule has 2 aliphatic heterocycles. The molecule has 1 saturated heterocycles. The highest BCUT2D eigenvalue weighted by atomic mass is 35.5. The van der Waals surface area contributed by atoms with E-state index in [-0.39, 0.29) is 23.9 Å². The molecule has 2 aromatic heterocycles. The molecule has 2 N–H and O–H groups in total. The number of para-hydroxylation sites is 1. The van der Waals surface area contributed by atoms with Gasteiger partial charge in [0.2, 0.25) is 5.91 Å². The van der Waals surface area contributed by atoms with Crippen molar-refractivity contribution in [1.82, 2.24) is 19.9 Å². The Kier molecular flexibility index (Phi) is 6.09. The fraction of sp³-hybridized carbons (Fsp3) is 0.276. The number of nitrogens with one attached hydrogen (secondary N) is 2. The van der Waals surface area contributed by atoms with E-state index in [1.807, 2.05) is 33.8 Å². The van der Waals surface area contributed by atoms with Crippen molar-refractivity contribution in [2.45, 2.75) is 31.3 Å². The third kappa shape index (κ3) is 4.09. The number of halogens is 1. The molecular weight excluding hydrogens is 502 g/mol. The van der Waals surface area contributed by atoms with Gasteiger partial charge in [-0.1, -0.05) is 36.1 Å². The number of carbonyl (C=O) groups is 2. The molecule has 6 rings (SSSR count). The Morgan fingerprint density at radius 1 is 1.32 bits per heavy atom. The van der Waals surface area contributed by atoms with E-state index in [0.29, 0.717) is 46.5 Å². The fourth-order valence-electron chi connectivity index (χ4n) is 5.52. The molecule has 1 saturated carbocycles. The molecule has 3 aromatic rings. The van der Waals surface area contributed by atoms with E-state index in [9.17, 15) is 9.59 Å². The summed E-state index contributed by atoms with van der Waals surface area (Å²) in [6.07, 6.45) is 7.34. The average molecular weight is 528 g/mol.